The molecule has 0 radical (unpaired) electrons. The van der Waals surface area contributed by atoms with Crippen molar-refractivity contribution in [1.82, 2.24) is 4.98 Å². The smallest absolute Gasteiger partial charge is 0.138 e. The first kappa shape index (κ1) is 14.3. The van der Waals surface area contributed by atoms with Gasteiger partial charge in [-0.25, -0.2) is 0 Å². The summed E-state index contributed by atoms with van der Waals surface area (Å²) >= 11 is 0. The lowest BCUT2D eigenvalue weighted by Gasteiger charge is -2.25. The molecule has 0 saturated carbocycles. The van der Waals surface area contributed by atoms with Crippen LogP contribution in [-0.4, -0.2) is 23.8 Å². The Bertz CT molecular complexity index is 389. The highest BCUT2D eigenvalue weighted by Crippen LogP contribution is 2.24. The van der Waals surface area contributed by atoms with Crippen molar-refractivity contribution in [3.05, 3.63) is 24.0 Å². The van der Waals surface area contributed by atoms with Crippen LogP contribution in [0.5, 0.6) is 5.75 Å². The number of hydrogen-bond donors (Lipinski definition) is 1. The van der Waals surface area contributed by atoms with Crippen molar-refractivity contribution in [3.8, 4) is 5.75 Å². The minimum absolute atomic E-state index is 0.0358. The number of ether oxygens (including phenoxy) is 2. The molecular formula is C15H24N2O2. The summed E-state index contributed by atoms with van der Waals surface area (Å²) in [6, 6.07) is 1.95. The standard InChI is InChI=1S/C15H24N2O2/c1-11(2)19-14-7-12(9-17-10-14)15(16)8-13-5-3-4-6-18-13/h7,9-11,13,15H,3-6,8,16H2,1-2H3. The van der Waals surface area contributed by atoms with Gasteiger partial charge in [0.15, 0.2) is 0 Å². The van der Waals surface area contributed by atoms with Crippen molar-refractivity contribution in [2.24, 2.45) is 5.73 Å². The largest absolute Gasteiger partial charge is 0.489 e. The van der Waals surface area contributed by atoms with Crippen molar-refractivity contribution in [3.63, 3.8) is 0 Å². The van der Waals surface area contributed by atoms with E-state index in [9.17, 15) is 0 Å². The van der Waals surface area contributed by atoms with E-state index in [1.54, 1.807) is 6.20 Å². The molecule has 4 heteroatoms. The summed E-state index contributed by atoms with van der Waals surface area (Å²) in [6.45, 7) is 4.87. The zero-order chi connectivity index (χ0) is 13.7. The molecule has 2 heterocycles. The predicted molar refractivity (Wildman–Crippen MR) is 75.1 cm³/mol. The first-order valence-electron chi connectivity index (χ1n) is 7.14. The number of hydrogen-bond acceptors (Lipinski definition) is 4. The van der Waals surface area contributed by atoms with Crippen LogP contribution < -0.4 is 10.5 Å². The molecule has 1 aromatic rings. The summed E-state index contributed by atoms with van der Waals surface area (Å²) in [5.74, 6) is 0.785. The highest BCUT2D eigenvalue weighted by atomic mass is 16.5. The van der Waals surface area contributed by atoms with Crippen molar-refractivity contribution < 1.29 is 9.47 Å². The van der Waals surface area contributed by atoms with Gasteiger partial charge in [-0.2, -0.15) is 0 Å². The molecule has 0 spiro atoms. The molecule has 2 unspecified atom stereocenters. The Balaban J connectivity index is 1.95. The Labute approximate surface area is 115 Å². The molecule has 0 aliphatic carbocycles. The van der Waals surface area contributed by atoms with Crippen LogP contribution in [-0.2, 0) is 4.74 Å². The maximum absolute atomic E-state index is 6.25. The van der Waals surface area contributed by atoms with Crippen LogP contribution in [0.2, 0.25) is 0 Å². The Morgan fingerprint density at radius 2 is 2.26 bits per heavy atom. The number of nitrogens with zero attached hydrogens (tertiary/aromatic N) is 1. The molecular weight excluding hydrogens is 240 g/mol. The third-order valence-electron chi connectivity index (χ3n) is 3.33. The second kappa shape index (κ2) is 6.87. The summed E-state index contributed by atoms with van der Waals surface area (Å²) in [4.78, 5) is 4.21. The molecule has 0 aromatic carbocycles. The van der Waals surface area contributed by atoms with Crippen LogP contribution in [0.4, 0.5) is 0 Å². The van der Waals surface area contributed by atoms with Gasteiger partial charge >= 0.3 is 0 Å². The number of pyridine rings is 1. The van der Waals surface area contributed by atoms with Gasteiger partial charge in [0, 0.05) is 18.8 Å². The van der Waals surface area contributed by atoms with E-state index in [0.717, 1.165) is 30.8 Å². The average Bonchev–Trinajstić information content (AvgIpc) is 2.39. The molecule has 2 rings (SSSR count). The lowest BCUT2D eigenvalue weighted by atomic mass is 9.98. The number of rotatable bonds is 5. The summed E-state index contributed by atoms with van der Waals surface area (Å²) in [7, 11) is 0. The quantitative estimate of drug-likeness (QED) is 0.888. The van der Waals surface area contributed by atoms with Crippen LogP contribution in [0.15, 0.2) is 18.5 Å². The van der Waals surface area contributed by atoms with Gasteiger partial charge in [-0.1, -0.05) is 0 Å². The molecule has 1 aliphatic heterocycles. The van der Waals surface area contributed by atoms with Gasteiger partial charge in [0.05, 0.1) is 18.4 Å². The normalized spacial score (nSPS) is 21.4. The molecule has 106 valence electrons. The van der Waals surface area contributed by atoms with Crippen LogP contribution in [0.1, 0.15) is 51.1 Å². The maximum Gasteiger partial charge on any atom is 0.138 e. The van der Waals surface area contributed by atoms with Gasteiger partial charge in [0.25, 0.3) is 0 Å². The molecule has 0 bridgehead atoms. The zero-order valence-corrected chi connectivity index (χ0v) is 11.8. The average molecular weight is 264 g/mol. The first-order valence-corrected chi connectivity index (χ1v) is 7.14. The molecule has 1 aromatic heterocycles. The lowest BCUT2D eigenvalue weighted by molar-refractivity contribution is 0.00726. The van der Waals surface area contributed by atoms with Gasteiger partial charge < -0.3 is 15.2 Å². The highest BCUT2D eigenvalue weighted by Gasteiger charge is 2.18. The fourth-order valence-corrected chi connectivity index (χ4v) is 2.39. The molecule has 4 nitrogen and oxygen atoms in total. The second-order valence-corrected chi connectivity index (χ2v) is 5.45. The van der Waals surface area contributed by atoms with Gasteiger partial charge in [-0.15, -0.1) is 0 Å². The molecule has 2 N–H and O–H groups in total. The fraction of sp³-hybridized carbons (Fsp3) is 0.667. The Kier molecular flexibility index (Phi) is 5.16. The summed E-state index contributed by atoms with van der Waals surface area (Å²) in [5.41, 5.74) is 7.27. The minimum atomic E-state index is -0.0358. The third-order valence-corrected chi connectivity index (χ3v) is 3.33. The van der Waals surface area contributed by atoms with E-state index in [2.05, 4.69) is 4.98 Å². The lowest BCUT2D eigenvalue weighted by Crippen LogP contribution is -2.25. The third kappa shape index (κ3) is 4.48. The van der Waals surface area contributed by atoms with Crippen LogP contribution in [0, 0.1) is 0 Å². The van der Waals surface area contributed by atoms with Crippen molar-refractivity contribution in [2.75, 3.05) is 6.61 Å². The van der Waals surface area contributed by atoms with Gasteiger partial charge in [-0.05, 0) is 51.2 Å². The molecule has 0 amide bonds. The van der Waals surface area contributed by atoms with Crippen molar-refractivity contribution in [2.45, 2.75) is 57.8 Å². The van der Waals surface area contributed by atoms with Crippen LogP contribution in [0.25, 0.3) is 0 Å². The van der Waals surface area contributed by atoms with E-state index in [0.29, 0.717) is 6.10 Å². The number of nitrogens with two attached hydrogens (primary N) is 1. The van der Waals surface area contributed by atoms with Crippen molar-refractivity contribution in [1.29, 1.82) is 0 Å². The van der Waals surface area contributed by atoms with Gasteiger partial charge in [0.2, 0.25) is 0 Å². The van der Waals surface area contributed by atoms with E-state index in [-0.39, 0.29) is 12.1 Å². The minimum Gasteiger partial charge on any atom is -0.489 e. The van der Waals surface area contributed by atoms with E-state index in [4.69, 9.17) is 15.2 Å². The zero-order valence-electron chi connectivity index (χ0n) is 11.8. The first-order chi connectivity index (χ1) is 9.15. The predicted octanol–water partition coefficient (Wildman–Crippen LogP) is 2.83. The molecule has 1 aliphatic rings. The van der Waals surface area contributed by atoms with E-state index in [1.165, 1.54) is 12.8 Å². The van der Waals surface area contributed by atoms with E-state index < -0.39 is 0 Å². The Morgan fingerprint density at radius 3 is 2.95 bits per heavy atom. The van der Waals surface area contributed by atoms with Crippen molar-refractivity contribution >= 4 is 0 Å². The summed E-state index contributed by atoms with van der Waals surface area (Å²) in [5, 5.41) is 0. The molecule has 1 saturated heterocycles. The Morgan fingerprint density at radius 1 is 1.42 bits per heavy atom. The topological polar surface area (TPSA) is 57.4 Å². The summed E-state index contributed by atoms with van der Waals surface area (Å²) in [6.07, 6.45) is 8.37. The molecule has 2 atom stereocenters. The monoisotopic (exact) mass is 264 g/mol. The van der Waals surface area contributed by atoms with E-state index in [1.807, 2.05) is 26.1 Å². The molecule has 19 heavy (non-hydrogen) atoms. The van der Waals surface area contributed by atoms with Gasteiger partial charge in [0.1, 0.15) is 5.75 Å². The van der Waals surface area contributed by atoms with E-state index >= 15 is 0 Å². The van der Waals surface area contributed by atoms with Crippen LogP contribution >= 0.6 is 0 Å². The second-order valence-electron chi connectivity index (χ2n) is 5.45. The molecule has 1 fully saturated rings. The number of aromatic nitrogens is 1. The van der Waals surface area contributed by atoms with Gasteiger partial charge in [-0.3, -0.25) is 4.98 Å². The highest BCUT2D eigenvalue weighted by molar-refractivity contribution is 5.26. The SMILES string of the molecule is CC(C)Oc1cncc(C(N)CC2CCCCO2)c1. The fourth-order valence-electron chi connectivity index (χ4n) is 2.39. The summed E-state index contributed by atoms with van der Waals surface area (Å²) < 4.78 is 11.4. The Hall–Kier alpha value is -1.13. The maximum atomic E-state index is 6.25. The van der Waals surface area contributed by atoms with Crippen LogP contribution in [0.3, 0.4) is 0 Å².